The Morgan fingerprint density at radius 1 is 1.23 bits per heavy atom. The number of rotatable bonds is 3. The zero-order chi connectivity index (χ0) is 15.7. The maximum Gasteiger partial charge on any atom is 0.261 e. The minimum Gasteiger partial charge on any atom is -0.290 e. The second-order valence-corrected chi connectivity index (χ2v) is 5.30. The molecule has 1 atom stereocenters. The minimum atomic E-state index is -0.439. The summed E-state index contributed by atoms with van der Waals surface area (Å²) in [6.07, 6.45) is 3.94. The van der Waals surface area contributed by atoms with Crippen LogP contribution in [-0.4, -0.2) is 14.5 Å². The van der Waals surface area contributed by atoms with Crippen molar-refractivity contribution >= 4 is 10.9 Å². The molecular weight excluding hydrogens is 281 g/mol. The van der Waals surface area contributed by atoms with Crippen molar-refractivity contribution in [2.24, 2.45) is 0 Å². The molecule has 3 rings (SSSR count). The molecule has 0 saturated carbocycles. The van der Waals surface area contributed by atoms with Crippen LogP contribution in [0.4, 0.5) is 4.39 Å². The van der Waals surface area contributed by atoms with Crippen molar-refractivity contribution < 1.29 is 4.39 Å². The molecule has 0 fully saturated rings. The number of aryl methyl sites for hydroxylation is 1. The first kappa shape index (κ1) is 14.4. The van der Waals surface area contributed by atoms with E-state index >= 15 is 0 Å². The molecule has 22 heavy (non-hydrogen) atoms. The summed E-state index contributed by atoms with van der Waals surface area (Å²) in [6.45, 7) is 3.96. The van der Waals surface area contributed by atoms with Crippen LogP contribution in [0, 0.1) is 12.7 Å². The van der Waals surface area contributed by atoms with Crippen molar-refractivity contribution in [3.05, 3.63) is 70.3 Å². The lowest BCUT2D eigenvalue weighted by molar-refractivity contribution is 0.530. The predicted octanol–water partition coefficient (Wildman–Crippen LogP) is 3.24. The maximum absolute atomic E-state index is 13.4. The standard InChI is InChI=1S/C17H16FN3O/c1-3-16(15-8-11(2)6-7-19-15)21-10-20-14-5-4-12(18)9-13(14)17(21)22/h4-10,16H,3H2,1-2H3/t16-/m0/s1. The summed E-state index contributed by atoms with van der Waals surface area (Å²) in [7, 11) is 0. The van der Waals surface area contributed by atoms with Gasteiger partial charge in [-0.25, -0.2) is 9.37 Å². The quantitative estimate of drug-likeness (QED) is 0.745. The van der Waals surface area contributed by atoms with Crippen molar-refractivity contribution in [1.29, 1.82) is 0 Å². The third-order valence-corrected chi connectivity index (χ3v) is 3.75. The molecule has 2 heterocycles. The Balaban J connectivity index is 2.19. The molecule has 0 unspecified atom stereocenters. The summed E-state index contributed by atoms with van der Waals surface area (Å²) in [4.78, 5) is 21.3. The molecule has 0 aliphatic carbocycles. The van der Waals surface area contributed by atoms with E-state index < -0.39 is 5.82 Å². The van der Waals surface area contributed by atoms with Crippen LogP contribution in [0.1, 0.15) is 30.6 Å². The van der Waals surface area contributed by atoms with Crippen molar-refractivity contribution in [2.75, 3.05) is 0 Å². The van der Waals surface area contributed by atoms with Gasteiger partial charge < -0.3 is 0 Å². The number of fused-ring (bicyclic) bond motifs is 1. The van der Waals surface area contributed by atoms with Gasteiger partial charge in [0.25, 0.3) is 5.56 Å². The summed E-state index contributed by atoms with van der Waals surface area (Å²) in [5.41, 5.74) is 2.13. The minimum absolute atomic E-state index is 0.215. The molecule has 0 spiro atoms. The number of hydrogen-bond acceptors (Lipinski definition) is 3. The highest BCUT2D eigenvalue weighted by Gasteiger charge is 2.16. The molecule has 0 amide bonds. The fourth-order valence-corrected chi connectivity index (χ4v) is 2.62. The first-order valence-corrected chi connectivity index (χ1v) is 7.19. The lowest BCUT2D eigenvalue weighted by atomic mass is 10.1. The predicted molar refractivity (Wildman–Crippen MR) is 83.4 cm³/mol. The van der Waals surface area contributed by atoms with Crippen LogP contribution < -0.4 is 5.56 Å². The first-order valence-electron chi connectivity index (χ1n) is 7.19. The molecule has 0 radical (unpaired) electrons. The van der Waals surface area contributed by atoms with Crippen LogP contribution >= 0.6 is 0 Å². The lowest BCUT2D eigenvalue weighted by Crippen LogP contribution is -2.26. The van der Waals surface area contributed by atoms with Gasteiger partial charge in [0.05, 0.1) is 29.0 Å². The highest BCUT2D eigenvalue weighted by atomic mass is 19.1. The van der Waals surface area contributed by atoms with E-state index in [1.807, 2.05) is 26.0 Å². The monoisotopic (exact) mass is 297 g/mol. The molecular formula is C17H16FN3O. The van der Waals surface area contributed by atoms with Crippen LogP contribution in [0.5, 0.6) is 0 Å². The van der Waals surface area contributed by atoms with Gasteiger partial charge in [0.2, 0.25) is 0 Å². The Morgan fingerprint density at radius 3 is 2.77 bits per heavy atom. The van der Waals surface area contributed by atoms with Gasteiger partial charge in [-0.15, -0.1) is 0 Å². The third kappa shape index (κ3) is 2.50. The van der Waals surface area contributed by atoms with Gasteiger partial charge in [-0.05, 0) is 49.2 Å². The van der Waals surface area contributed by atoms with E-state index in [1.54, 1.807) is 6.20 Å². The molecule has 0 N–H and O–H groups in total. The zero-order valence-electron chi connectivity index (χ0n) is 12.5. The Kier molecular flexibility index (Phi) is 3.71. The summed E-state index contributed by atoms with van der Waals surface area (Å²) in [5, 5.41) is 0.286. The van der Waals surface area contributed by atoms with Crippen molar-refractivity contribution in [3.63, 3.8) is 0 Å². The fraction of sp³-hybridized carbons (Fsp3) is 0.235. The Hall–Kier alpha value is -2.56. The topological polar surface area (TPSA) is 47.8 Å². The summed E-state index contributed by atoms with van der Waals surface area (Å²) in [6, 6.07) is 7.70. The second kappa shape index (κ2) is 5.67. The van der Waals surface area contributed by atoms with Crippen LogP contribution in [0.25, 0.3) is 10.9 Å². The van der Waals surface area contributed by atoms with Crippen molar-refractivity contribution in [3.8, 4) is 0 Å². The fourth-order valence-electron chi connectivity index (χ4n) is 2.62. The van der Waals surface area contributed by atoms with E-state index in [-0.39, 0.29) is 17.0 Å². The maximum atomic E-state index is 13.4. The van der Waals surface area contributed by atoms with Crippen LogP contribution in [0.2, 0.25) is 0 Å². The van der Waals surface area contributed by atoms with Gasteiger partial charge in [0, 0.05) is 6.20 Å². The second-order valence-electron chi connectivity index (χ2n) is 5.30. The van der Waals surface area contributed by atoms with Gasteiger partial charge in [0.15, 0.2) is 0 Å². The Bertz CT molecular complexity index is 888. The number of halogens is 1. The summed E-state index contributed by atoms with van der Waals surface area (Å²) in [5.74, 6) is -0.439. The molecule has 2 aromatic heterocycles. The summed E-state index contributed by atoms with van der Waals surface area (Å²) < 4.78 is 15.0. The van der Waals surface area contributed by atoms with E-state index in [4.69, 9.17) is 0 Å². The van der Waals surface area contributed by atoms with E-state index in [2.05, 4.69) is 9.97 Å². The van der Waals surface area contributed by atoms with Crippen LogP contribution in [0.15, 0.2) is 47.7 Å². The van der Waals surface area contributed by atoms with Crippen molar-refractivity contribution in [1.82, 2.24) is 14.5 Å². The van der Waals surface area contributed by atoms with E-state index in [0.717, 1.165) is 11.3 Å². The molecule has 0 aliphatic rings. The molecule has 3 aromatic rings. The molecule has 4 nitrogen and oxygen atoms in total. The van der Waals surface area contributed by atoms with Gasteiger partial charge >= 0.3 is 0 Å². The Labute approximate surface area is 127 Å². The highest BCUT2D eigenvalue weighted by Crippen LogP contribution is 2.20. The molecule has 0 aliphatic heterocycles. The Morgan fingerprint density at radius 2 is 2.05 bits per heavy atom. The average Bonchev–Trinajstić information content (AvgIpc) is 2.51. The van der Waals surface area contributed by atoms with E-state index in [0.29, 0.717) is 11.9 Å². The van der Waals surface area contributed by atoms with Gasteiger partial charge in [0.1, 0.15) is 5.82 Å². The number of pyridine rings is 1. The molecule has 0 bridgehead atoms. The molecule has 112 valence electrons. The zero-order valence-corrected chi connectivity index (χ0v) is 12.5. The highest BCUT2D eigenvalue weighted by molar-refractivity contribution is 5.77. The molecule has 1 aromatic carbocycles. The SMILES string of the molecule is CC[C@@H](c1cc(C)ccn1)n1cnc2ccc(F)cc2c1=O. The normalized spacial score (nSPS) is 12.5. The largest absolute Gasteiger partial charge is 0.290 e. The number of benzene rings is 1. The number of aromatic nitrogens is 3. The van der Waals surface area contributed by atoms with Crippen molar-refractivity contribution in [2.45, 2.75) is 26.3 Å². The van der Waals surface area contributed by atoms with E-state index in [9.17, 15) is 9.18 Å². The number of hydrogen-bond donors (Lipinski definition) is 0. The average molecular weight is 297 g/mol. The molecule has 0 saturated heterocycles. The smallest absolute Gasteiger partial charge is 0.261 e. The third-order valence-electron chi connectivity index (χ3n) is 3.75. The van der Waals surface area contributed by atoms with Gasteiger partial charge in [-0.2, -0.15) is 0 Å². The van der Waals surface area contributed by atoms with Crippen LogP contribution in [-0.2, 0) is 0 Å². The lowest BCUT2D eigenvalue weighted by Gasteiger charge is -2.18. The van der Waals surface area contributed by atoms with Crippen LogP contribution in [0.3, 0.4) is 0 Å². The molecule has 5 heteroatoms. The first-order chi connectivity index (χ1) is 10.6. The van der Waals surface area contributed by atoms with E-state index in [1.165, 1.54) is 29.1 Å². The number of nitrogens with zero attached hydrogens (tertiary/aromatic N) is 3. The van der Waals surface area contributed by atoms with Gasteiger partial charge in [-0.1, -0.05) is 6.92 Å². The summed E-state index contributed by atoms with van der Waals surface area (Å²) >= 11 is 0. The van der Waals surface area contributed by atoms with Gasteiger partial charge in [-0.3, -0.25) is 14.3 Å².